The van der Waals surface area contributed by atoms with Gasteiger partial charge >= 0.3 is 0 Å². The predicted octanol–water partition coefficient (Wildman–Crippen LogP) is 3.70. The summed E-state index contributed by atoms with van der Waals surface area (Å²) in [7, 11) is 0. The van der Waals surface area contributed by atoms with Crippen molar-refractivity contribution in [2.45, 2.75) is 26.3 Å². The van der Waals surface area contributed by atoms with E-state index >= 15 is 0 Å². The Morgan fingerprint density at radius 1 is 1.11 bits per heavy atom. The number of nitrogens with two attached hydrogens (primary N) is 1. The van der Waals surface area contributed by atoms with E-state index in [0.29, 0.717) is 21.8 Å². The number of benzene rings is 1. The van der Waals surface area contributed by atoms with Crippen LogP contribution in [-0.2, 0) is 5.54 Å². The van der Waals surface area contributed by atoms with Crippen molar-refractivity contribution >= 4 is 29.2 Å². The first-order valence-corrected chi connectivity index (χ1v) is 8.98. The number of nitrogens with zero attached hydrogens (tertiary/aromatic N) is 3. The number of aromatic nitrogens is 3. The maximum absolute atomic E-state index is 13.0. The van der Waals surface area contributed by atoms with Crippen molar-refractivity contribution in [2.75, 3.05) is 5.32 Å². The van der Waals surface area contributed by atoms with Gasteiger partial charge in [0, 0.05) is 11.8 Å². The highest BCUT2D eigenvalue weighted by atomic mass is 35.5. The zero-order valence-corrected chi connectivity index (χ0v) is 16.5. The largest absolute Gasteiger partial charge is 0.364 e. The Morgan fingerprint density at radius 2 is 1.82 bits per heavy atom. The first-order chi connectivity index (χ1) is 13.2. The van der Waals surface area contributed by atoms with E-state index in [9.17, 15) is 9.59 Å². The number of amides is 2. The van der Waals surface area contributed by atoms with E-state index in [-0.39, 0.29) is 17.1 Å². The van der Waals surface area contributed by atoms with Gasteiger partial charge in [-0.1, -0.05) is 35.9 Å². The summed E-state index contributed by atoms with van der Waals surface area (Å²) in [4.78, 5) is 28.3. The van der Waals surface area contributed by atoms with Crippen LogP contribution in [0.2, 0.25) is 5.02 Å². The Balaban J connectivity index is 2.04. The van der Waals surface area contributed by atoms with Crippen LogP contribution in [-0.4, -0.2) is 26.6 Å². The third kappa shape index (κ3) is 4.04. The highest BCUT2D eigenvalue weighted by Crippen LogP contribution is 2.31. The zero-order chi connectivity index (χ0) is 20.5. The fourth-order valence-electron chi connectivity index (χ4n) is 2.56. The van der Waals surface area contributed by atoms with Crippen LogP contribution in [0.15, 0.2) is 48.7 Å². The van der Waals surface area contributed by atoms with Crippen molar-refractivity contribution in [3.8, 4) is 11.3 Å². The molecule has 0 bridgehead atoms. The molecule has 2 heterocycles. The molecule has 3 aromatic rings. The van der Waals surface area contributed by atoms with Gasteiger partial charge in [0.15, 0.2) is 0 Å². The van der Waals surface area contributed by atoms with E-state index in [2.05, 4.69) is 15.4 Å². The summed E-state index contributed by atoms with van der Waals surface area (Å²) in [5.41, 5.74) is 6.43. The molecule has 0 aliphatic rings. The minimum absolute atomic E-state index is 0.0644. The van der Waals surface area contributed by atoms with Crippen LogP contribution in [0.25, 0.3) is 11.3 Å². The summed E-state index contributed by atoms with van der Waals surface area (Å²) in [6, 6.07) is 11.8. The lowest BCUT2D eigenvalue weighted by Gasteiger charge is -2.18. The first-order valence-electron chi connectivity index (χ1n) is 8.60. The number of rotatable bonds is 4. The number of carbonyl (C=O) groups excluding carboxylic acids is 2. The van der Waals surface area contributed by atoms with E-state index in [1.165, 1.54) is 6.07 Å². The van der Waals surface area contributed by atoms with Gasteiger partial charge in [0.2, 0.25) is 0 Å². The summed E-state index contributed by atoms with van der Waals surface area (Å²) in [5.74, 6) is -0.872. The maximum atomic E-state index is 13.0. The number of pyridine rings is 1. The van der Waals surface area contributed by atoms with E-state index in [1.54, 1.807) is 35.1 Å². The molecule has 28 heavy (non-hydrogen) atoms. The molecule has 8 heteroatoms. The molecule has 1 aromatic carbocycles. The molecule has 0 fully saturated rings. The molecular formula is C20H20ClN5O2. The molecule has 144 valence electrons. The summed E-state index contributed by atoms with van der Waals surface area (Å²) in [6.45, 7) is 5.95. The first kappa shape index (κ1) is 19.6. The predicted molar refractivity (Wildman–Crippen MR) is 108 cm³/mol. The van der Waals surface area contributed by atoms with Gasteiger partial charge in [0.05, 0.1) is 16.1 Å². The second-order valence-electron chi connectivity index (χ2n) is 7.21. The monoisotopic (exact) mass is 397 g/mol. The van der Waals surface area contributed by atoms with Crippen LogP contribution in [0.5, 0.6) is 0 Å². The van der Waals surface area contributed by atoms with Crippen molar-refractivity contribution < 1.29 is 9.59 Å². The van der Waals surface area contributed by atoms with E-state index < -0.39 is 11.8 Å². The lowest BCUT2D eigenvalue weighted by atomic mass is 10.1. The van der Waals surface area contributed by atoms with Crippen LogP contribution in [0.1, 0.15) is 41.6 Å². The molecule has 0 atom stereocenters. The van der Waals surface area contributed by atoms with Gasteiger partial charge in [-0.15, -0.1) is 0 Å². The fourth-order valence-corrected chi connectivity index (χ4v) is 2.79. The van der Waals surface area contributed by atoms with Gasteiger partial charge < -0.3 is 11.1 Å². The van der Waals surface area contributed by atoms with E-state index in [4.69, 9.17) is 17.3 Å². The lowest BCUT2D eigenvalue weighted by molar-refractivity contribution is 0.0991. The van der Waals surface area contributed by atoms with Gasteiger partial charge in [-0.3, -0.25) is 14.3 Å². The van der Waals surface area contributed by atoms with Crippen molar-refractivity contribution in [3.63, 3.8) is 0 Å². The van der Waals surface area contributed by atoms with Crippen molar-refractivity contribution in [1.29, 1.82) is 0 Å². The molecule has 3 N–H and O–H groups in total. The van der Waals surface area contributed by atoms with Crippen LogP contribution < -0.4 is 11.1 Å². The molecule has 0 aliphatic carbocycles. The van der Waals surface area contributed by atoms with Gasteiger partial charge in [-0.25, -0.2) is 4.98 Å². The number of primary amides is 1. The summed E-state index contributed by atoms with van der Waals surface area (Å²) < 4.78 is 1.72. The molecule has 0 spiro atoms. The molecule has 0 unspecified atom stereocenters. The average Bonchev–Trinajstić information content (AvgIpc) is 3.08. The Kier molecular flexibility index (Phi) is 5.20. The van der Waals surface area contributed by atoms with E-state index in [0.717, 1.165) is 0 Å². The standard InChI is InChI=1S/C20H20ClN5O2/c1-20(2,3)26-11-13(17(25-26)12-7-4-5-8-14(12)21)19(28)24-16-10-6-9-15(23-16)18(22)27/h4-11H,1-3H3,(H2,22,27)(H,23,24,28). The minimum Gasteiger partial charge on any atom is -0.364 e. The number of nitrogens with one attached hydrogen (secondary N) is 1. The Bertz CT molecular complexity index is 1050. The topological polar surface area (TPSA) is 103 Å². The average molecular weight is 398 g/mol. The molecule has 0 radical (unpaired) electrons. The fraction of sp³-hybridized carbons (Fsp3) is 0.200. The minimum atomic E-state index is -0.673. The molecule has 0 saturated heterocycles. The van der Waals surface area contributed by atoms with Crippen LogP contribution in [0, 0.1) is 0 Å². The summed E-state index contributed by atoms with van der Waals surface area (Å²) in [6.07, 6.45) is 1.67. The highest BCUT2D eigenvalue weighted by molar-refractivity contribution is 6.33. The van der Waals surface area contributed by atoms with Crippen LogP contribution in [0.4, 0.5) is 5.82 Å². The smallest absolute Gasteiger partial charge is 0.267 e. The Morgan fingerprint density at radius 3 is 2.46 bits per heavy atom. The number of halogens is 1. The van der Waals surface area contributed by atoms with Crippen LogP contribution in [0.3, 0.4) is 0 Å². The molecule has 2 amide bonds. The van der Waals surface area contributed by atoms with Crippen molar-refractivity contribution in [1.82, 2.24) is 14.8 Å². The van der Waals surface area contributed by atoms with Crippen LogP contribution >= 0.6 is 11.6 Å². The maximum Gasteiger partial charge on any atom is 0.267 e. The van der Waals surface area contributed by atoms with Gasteiger partial charge in [-0.05, 0) is 39.0 Å². The van der Waals surface area contributed by atoms with Gasteiger partial charge in [0.25, 0.3) is 11.8 Å². The zero-order valence-electron chi connectivity index (χ0n) is 15.7. The molecular weight excluding hydrogens is 378 g/mol. The number of carbonyl (C=O) groups is 2. The number of anilines is 1. The summed E-state index contributed by atoms with van der Waals surface area (Å²) >= 11 is 6.33. The van der Waals surface area contributed by atoms with Crippen molar-refractivity contribution in [3.05, 3.63) is 64.9 Å². The quantitative estimate of drug-likeness (QED) is 0.700. The van der Waals surface area contributed by atoms with E-state index in [1.807, 2.05) is 32.9 Å². The molecule has 7 nitrogen and oxygen atoms in total. The Labute approximate surface area is 167 Å². The molecule has 0 aliphatic heterocycles. The SMILES string of the molecule is CC(C)(C)n1cc(C(=O)Nc2cccc(C(N)=O)n2)c(-c2ccccc2Cl)n1. The second kappa shape index (κ2) is 7.44. The molecule has 0 saturated carbocycles. The number of hydrogen-bond donors (Lipinski definition) is 2. The van der Waals surface area contributed by atoms with Gasteiger partial charge in [0.1, 0.15) is 17.2 Å². The lowest BCUT2D eigenvalue weighted by Crippen LogP contribution is -2.22. The Hall–Kier alpha value is -3.19. The number of hydrogen-bond acceptors (Lipinski definition) is 4. The normalized spacial score (nSPS) is 11.3. The van der Waals surface area contributed by atoms with Crippen molar-refractivity contribution in [2.24, 2.45) is 5.73 Å². The van der Waals surface area contributed by atoms with Gasteiger partial charge in [-0.2, -0.15) is 5.10 Å². The third-order valence-corrected chi connectivity index (χ3v) is 4.35. The molecule has 3 rings (SSSR count). The second-order valence-corrected chi connectivity index (χ2v) is 7.62. The third-order valence-electron chi connectivity index (χ3n) is 4.02. The highest BCUT2D eigenvalue weighted by Gasteiger charge is 2.24. The molecule has 2 aromatic heterocycles. The summed E-state index contributed by atoms with van der Waals surface area (Å²) in [5, 5.41) is 7.78.